The molecule has 0 aliphatic heterocycles. The van der Waals surface area contributed by atoms with Crippen molar-refractivity contribution in [2.24, 2.45) is 11.8 Å². The average molecular weight is 980 g/mol. The van der Waals surface area contributed by atoms with Crippen molar-refractivity contribution in [2.75, 3.05) is 0 Å². The number of pyridine rings is 2. The fraction of sp³-hybridized carbons (Fsp3) is 0.283. The number of halogens is 1. The normalized spacial score (nSPS) is 15.4. The van der Waals surface area contributed by atoms with Crippen LogP contribution in [0.15, 0.2) is 126 Å². The van der Waals surface area contributed by atoms with Gasteiger partial charge in [0.1, 0.15) is 11.4 Å². The minimum absolute atomic E-state index is 0. The molecule has 9 rings (SSSR count). The number of hydrogen-bond acceptors (Lipinski definition) is 3. The summed E-state index contributed by atoms with van der Waals surface area (Å²) in [7, 11) is -1.72. The zero-order chi connectivity index (χ0) is 46.7. The Hall–Kier alpha value is -4.74. The van der Waals surface area contributed by atoms with Crippen LogP contribution in [0.2, 0.25) is 19.6 Å². The Morgan fingerprint density at radius 2 is 1.64 bits per heavy atom. The van der Waals surface area contributed by atoms with E-state index in [-0.39, 0.29) is 53.5 Å². The second-order valence-electron chi connectivity index (χ2n) is 17.3. The van der Waals surface area contributed by atoms with Gasteiger partial charge in [-0.25, -0.2) is 4.39 Å². The summed E-state index contributed by atoms with van der Waals surface area (Å²) in [6.07, 6.45) is 7.34. The molecule has 0 amide bonds. The Morgan fingerprint density at radius 3 is 2.39 bits per heavy atom. The van der Waals surface area contributed by atoms with Crippen LogP contribution >= 0.6 is 0 Å². The van der Waals surface area contributed by atoms with Gasteiger partial charge in [-0.15, -0.1) is 52.9 Å². The van der Waals surface area contributed by atoms with Crippen molar-refractivity contribution in [1.82, 2.24) is 9.97 Å². The quantitative estimate of drug-likeness (QED) is 0.112. The number of rotatable bonds is 8. The third-order valence-electron chi connectivity index (χ3n) is 11.5. The Labute approximate surface area is 373 Å². The van der Waals surface area contributed by atoms with Gasteiger partial charge in [0.2, 0.25) is 0 Å². The van der Waals surface area contributed by atoms with Crippen molar-refractivity contribution in [3.63, 3.8) is 0 Å². The Balaban J connectivity index is 0.000000210. The first-order valence-electron chi connectivity index (χ1n) is 23.7. The molecule has 303 valence electrons. The average Bonchev–Trinajstić information content (AvgIpc) is 3.97. The van der Waals surface area contributed by atoms with Crippen molar-refractivity contribution in [1.29, 1.82) is 0 Å². The van der Waals surface area contributed by atoms with Crippen molar-refractivity contribution in [3.05, 3.63) is 151 Å². The first-order chi connectivity index (χ1) is 30.7. The van der Waals surface area contributed by atoms with Gasteiger partial charge in [-0.3, -0.25) is 0 Å². The van der Waals surface area contributed by atoms with Crippen LogP contribution in [0.4, 0.5) is 4.39 Å². The Bertz CT molecular complexity index is 3090. The first-order valence-corrected chi connectivity index (χ1v) is 23.7. The van der Waals surface area contributed by atoms with E-state index in [4.69, 9.17) is 19.0 Å². The maximum absolute atomic E-state index is 15.6. The summed E-state index contributed by atoms with van der Waals surface area (Å²) < 4.78 is 79.3. The summed E-state index contributed by atoms with van der Waals surface area (Å²) in [5.74, 6) is -0.0815. The Morgan fingerprint density at radius 1 is 0.881 bits per heavy atom. The third-order valence-corrected chi connectivity index (χ3v) is 13.5. The van der Waals surface area contributed by atoms with Crippen molar-refractivity contribution in [3.8, 4) is 33.6 Å². The largest absolute Gasteiger partial charge is 0.500 e. The van der Waals surface area contributed by atoms with E-state index in [0.29, 0.717) is 16.9 Å². The predicted molar refractivity (Wildman–Crippen MR) is 244 cm³/mol. The van der Waals surface area contributed by atoms with E-state index < -0.39 is 50.5 Å². The van der Waals surface area contributed by atoms with Crippen LogP contribution < -0.4 is 5.19 Å². The number of furan rings is 1. The molecule has 3 heterocycles. The molecule has 3 nitrogen and oxygen atoms in total. The monoisotopic (exact) mass is 980 g/mol. The van der Waals surface area contributed by atoms with Gasteiger partial charge < -0.3 is 14.4 Å². The van der Waals surface area contributed by atoms with Crippen LogP contribution in [0.25, 0.3) is 66.4 Å². The van der Waals surface area contributed by atoms with E-state index in [0.717, 1.165) is 44.0 Å². The molecule has 1 fully saturated rings. The topological polar surface area (TPSA) is 38.9 Å². The molecule has 0 unspecified atom stereocenters. The molecule has 1 saturated carbocycles. The van der Waals surface area contributed by atoms with Gasteiger partial charge in [0, 0.05) is 40.6 Å². The molecule has 0 saturated heterocycles. The van der Waals surface area contributed by atoms with Crippen molar-refractivity contribution >= 4 is 46.0 Å². The van der Waals surface area contributed by atoms with Crippen LogP contribution in [0.3, 0.4) is 0 Å². The molecule has 0 atom stereocenters. The summed E-state index contributed by atoms with van der Waals surface area (Å²) in [6.45, 7) is 15.2. The standard InChI is InChI=1S/C31H27FNO.C22H26NSi.Ir/c1-31(2,23-10-6-7-11-23)24-14-15-33-27(19-24)21-12-13-28-25(16-21)30-26(32)17-22(18-29(30)34-28)20-8-4-3-5-9-20;1-16(2)13-18-14-21(23-15-22(18)24(3,4)5)20-12-8-10-17-9-6-7-11-19(17)20;/h3-5,8-9,13-19,23H,6-7,10-11H2,1-2H3;6-11,14-16H,13H2,1-5H3;/q2*-1;/i3D,4D,5D,8D,9D;13D2;. The zero-order valence-electron chi connectivity index (χ0n) is 41.7. The van der Waals surface area contributed by atoms with E-state index >= 15 is 4.39 Å². The molecular formula is C53H53FIrN2OSi-2. The molecule has 6 heteroatoms. The third kappa shape index (κ3) is 8.92. The van der Waals surface area contributed by atoms with E-state index in [1.54, 1.807) is 6.07 Å². The molecule has 1 aliphatic carbocycles. The van der Waals surface area contributed by atoms with Gasteiger partial charge in [0.25, 0.3) is 0 Å². The number of hydrogen-bond donors (Lipinski definition) is 0. The van der Waals surface area contributed by atoms with Gasteiger partial charge in [0.15, 0.2) is 0 Å². The molecule has 1 aliphatic rings. The Kier molecular flexibility index (Phi) is 10.1. The van der Waals surface area contributed by atoms with Crippen molar-refractivity contribution < 1.29 is 38.5 Å². The summed E-state index contributed by atoms with van der Waals surface area (Å²) in [5.41, 5.74) is 5.99. The predicted octanol–water partition coefficient (Wildman–Crippen LogP) is 14.2. The van der Waals surface area contributed by atoms with E-state index in [1.807, 2.05) is 62.6 Å². The molecule has 1 radical (unpaired) electrons. The number of nitrogens with zero attached hydrogens (tertiary/aromatic N) is 2. The fourth-order valence-electron chi connectivity index (χ4n) is 8.34. The zero-order valence-corrected chi connectivity index (χ0v) is 38.1. The van der Waals surface area contributed by atoms with Gasteiger partial charge in [-0.2, -0.15) is 0 Å². The molecule has 0 spiro atoms. The van der Waals surface area contributed by atoms with Gasteiger partial charge in [-0.05, 0) is 87.9 Å². The summed E-state index contributed by atoms with van der Waals surface area (Å²) in [6, 6.07) is 28.9. The molecule has 8 aromatic rings. The van der Waals surface area contributed by atoms with Crippen LogP contribution in [0.1, 0.15) is 74.1 Å². The summed E-state index contributed by atoms with van der Waals surface area (Å²) in [4.78, 5) is 9.33. The smallest absolute Gasteiger partial charge is 0.133 e. The minimum Gasteiger partial charge on any atom is -0.500 e. The summed E-state index contributed by atoms with van der Waals surface area (Å²) >= 11 is 0. The van der Waals surface area contributed by atoms with Crippen LogP contribution in [-0.4, -0.2) is 18.0 Å². The fourth-order valence-corrected chi connectivity index (χ4v) is 9.75. The molecular weight excluding hydrogens is 920 g/mol. The molecule has 59 heavy (non-hydrogen) atoms. The first kappa shape index (κ1) is 34.0. The van der Waals surface area contributed by atoms with E-state index in [1.165, 1.54) is 43.4 Å². The van der Waals surface area contributed by atoms with Crippen LogP contribution in [-0.2, 0) is 31.9 Å². The summed E-state index contributed by atoms with van der Waals surface area (Å²) in [5, 5.41) is 4.16. The second-order valence-corrected chi connectivity index (χ2v) is 22.3. The minimum atomic E-state index is -1.72. The molecule has 0 bridgehead atoms. The van der Waals surface area contributed by atoms with Crippen LogP contribution in [0, 0.1) is 29.8 Å². The van der Waals surface area contributed by atoms with Gasteiger partial charge in [-0.1, -0.05) is 143 Å². The van der Waals surface area contributed by atoms with Gasteiger partial charge >= 0.3 is 0 Å². The number of benzene rings is 5. The second kappa shape index (κ2) is 17.5. The number of fused-ring (bicyclic) bond motifs is 4. The molecule has 5 aromatic carbocycles. The SMILES string of the molecule is [2H]C([2H])(c1cc(-c2[c-]ccc3ccccc23)ncc1[Si](C)(C)C)C(C)C.[2H]c1c([2H])c([2H])c(-c2cc(F)c3c(c2)oc2c[c-]c(-c4cc(C(C)(C)C5CCCC5)ccn4)cc23)c([2H])c1[2H].[Ir]. The van der Waals surface area contributed by atoms with E-state index in [9.17, 15) is 0 Å². The maximum atomic E-state index is 15.6. The maximum Gasteiger partial charge on any atom is 0.133 e. The number of aromatic nitrogens is 2. The van der Waals surface area contributed by atoms with Crippen molar-refractivity contribution in [2.45, 2.75) is 84.8 Å². The molecule has 0 N–H and O–H groups in total. The van der Waals surface area contributed by atoms with Crippen LogP contribution in [0.5, 0.6) is 0 Å². The van der Waals surface area contributed by atoms with Gasteiger partial charge in [0.05, 0.1) is 20.5 Å². The van der Waals surface area contributed by atoms with E-state index in [2.05, 4.69) is 74.9 Å². The molecule has 3 aromatic heterocycles.